The largest absolute Gasteiger partial charge is 0.465 e. The molecule has 7 heterocycles. The molecule has 0 radical (unpaired) electrons. The number of aromatic amines is 4. The molecule has 486 valence electrons. The molecule has 6 atom stereocenters. The predicted octanol–water partition coefficient (Wildman–Crippen LogP) is 8.09. The number of carbonyl (C=O) groups is 6. The first-order valence-electron chi connectivity index (χ1n) is 30.1. The van der Waals surface area contributed by atoms with Gasteiger partial charge in [0.15, 0.2) is 34.6 Å². The molecule has 3 fully saturated rings. The van der Waals surface area contributed by atoms with Crippen molar-refractivity contribution in [2.45, 2.75) is 180 Å². The van der Waals surface area contributed by atoms with E-state index in [9.17, 15) is 39.0 Å². The number of fused-ring (bicyclic) bond motifs is 2. The van der Waals surface area contributed by atoms with Gasteiger partial charge >= 0.3 is 18.3 Å². The molecular weight excluding hydrogens is 1230 g/mol. The van der Waals surface area contributed by atoms with Crippen LogP contribution >= 0.6 is 15.9 Å². The number of carbonyl (C=O) groups excluding carboxylic acids is 4. The highest BCUT2D eigenvalue weighted by molar-refractivity contribution is 9.09. The van der Waals surface area contributed by atoms with Gasteiger partial charge < -0.3 is 65.8 Å². The van der Waals surface area contributed by atoms with Crippen LogP contribution in [0.2, 0.25) is 0 Å². The second kappa shape index (κ2) is 29.6. The molecule has 0 bridgehead atoms. The summed E-state index contributed by atoms with van der Waals surface area (Å²) < 4.78 is 7.32. The molecule has 3 saturated carbocycles. The van der Waals surface area contributed by atoms with E-state index in [2.05, 4.69) is 97.5 Å². The highest BCUT2D eigenvalue weighted by Crippen LogP contribution is 2.40. The number of ether oxygens (including phenoxy) is 1. The van der Waals surface area contributed by atoms with Crippen molar-refractivity contribution in [3.05, 3.63) is 60.6 Å². The van der Waals surface area contributed by atoms with Gasteiger partial charge in [-0.15, -0.1) is 0 Å². The predicted molar refractivity (Wildman–Crippen MR) is 340 cm³/mol. The molecule has 32 heteroatoms. The fourth-order valence-electron chi connectivity index (χ4n) is 11.9. The van der Waals surface area contributed by atoms with Gasteiger partial charge in [0.1, 0.15) is 35.6 Å². The topological polar surface area (TPSA) is 397 Å². The monoisotopic (exact) mass is 1310 g/mol. The maximum absolute atomic E-state index is 12.5. The van der Waals surface area contributed by atoms with Crippen molar-refractivity contribution in [2.75, 3.05) is 58.3 Å². The Morgan fingerprint density at radius 2 is 1.12 bits per heavy atom. The van der Waals surface area contributed by atoms with Crippen LogP contribution in [0.25, 0.3) is 22.3 Å². The molecule has 0 saturated heterocycles. The number of hydrogen-bond acceptors (Lipinski definition) is 18. The van der Waals surface area contributed by atoms with Gasteiger partial charge in [-0.1, -0.05) is 15.9 Å². The van der Waals surface area contributed by atoms with Crippen molar-refractivity contribution in [1.29, 1.82) is 0 Å². The lowest BCUT2D eigenvalue weighted by molar-refractivity contribution is -0.115. The van der Waals surface area contributed by atoms with Crippen LogP contribution in [-0.4, -0.2) is 195 Å². The number of amides is 6. The molecule has 7 aromatic heterocycles. The Bertz CT molecular complexity index is 3590. The number of aromatic nitrogens is 14. The van der Waals surface area contributed by atoms with E-state index < -0.39 is 12.2 Å². The quantitative estimate of drug-likeness (QED) is 0.0342. The molecule has 3 aliphatic carbocycles. The standard InChI is InChI=1S/2C20H27N9O3.C18H29BrN4O3/c1-11(2)29(20(31)32)13-5-4-12(6-13)14-7-15(27-26-14)25-16(30)8-28(3)19-17-18(22-9-21-17)23-10-24-19;1-11(2)25-20(31)32-13-5-4-12(6-13)14-7-15(28-27-14)26-16(30)8-29(3)19-17-18(22-9-21-17)23-10-24-19;1-11(2)22(17(25)26)13-7-6-12(8-13)14-9-15(20-16(24)10-19)23(21-14)18(3,4)5/h7,9-13H,4-6,8H2,1-3H3,(H,31,32)(H,21,22,23,24)(H2,25,26,27,30);7,9-13H,4-6,8H2,1-3H3,(H,25,31)(H,21,22,23,24)(H2,26,27,28,30);9,11-13H,6-8,10H2,1-5H3,(H,20,24)(H,25,26)/t3*12-,13+/m100/s1. The Morgan fingerprint density at radius 1 is 0.644 bits per heavy atom. The number of nitrogens with zero attached hydrogens (tertiary/aromatic N) is 14. The zero-order valence-corrected chi connectivity index (χ0v) is 54.2. The van der Waals surface area contributed by atoms with Crippen molar-refractivity contribution in [3.8, 4) is 0 Å². The van der Waals surface area contributed by atoms with Crippen LogP contribution in [0.1, 0.15) is 155 Å². The van der Waals surface area contributed by atoms with Crippen molar-refractivity contribution < 1.29 is 43.7 Å². The van der Waals surface area contributed by atoms with Crippen LogP contribution in [0.15, 0.2) is 43.5 Å². The lowest BCUT2D eigenvalue weighted by Gasteiger charge is -2.30. The van der Waals surface area contributed by atoms with E-state index >= 15 is 0 Å². The second-order valence-corrected chi connectivity index (χ2v) is 25.3. The van der Waals surface area contributed by atoms with E-state index in [0.717, 1.165) is 74.9 Å². The van der Waals surface area contributed by atoms with E-state index in [1.54, 1.807) is 28.8 Å². The van der Waals surface area contributed by atoms with Crippen molar-refractivity contribution >= 4 is 103 Å². The summed E-state index contributed by atoms with van der Waals surface area (Å²) in [5.41, 5.74) is 4.88. The van der Waals surface area contributed by atoms with E-state index in [1.807, 2.05) is 85.2 Å². The van der Waals surface area contributed by atoms with E-state index in [-0.39, 0.29) is 102 Å². The fourth-order valence-corrected chi connectivity index (χ4v) is 12.1. The third-order valence-electron chi connectivity index (χ3n) is 15.9. The molecule has 7 aromatic rings. The maximum atomic E-state index is 12.5. The average Bonchev–Trinajstić information content (AvgIpc) is 2.32. The van der Waals surface area contributed by atoms with E-state index in [4.69, 9.17) is 9.84 Å². The number of likely N-dealkylation sites (N-methyl/N-ethyl adjacent to an activating group) is 2. The molecule has 0 aliphatic heterocycles. The van der Waals surface area contributed by atoms with Crippen molar-refractivity contribution in [3.63, 3.8) is 0 Å². The fraction of sp³-hybridized carbons (Fsp3) is 0.569. The Balaban J connectivity index is 0.000000176. The number of hydrogen-bond donors (Lipinski definition) is 10. The van der Waals surface area contributed by atoms with E-state index in [1.165, 1.54) is 30.2 Å². The average molecular weight is 1310 g/mol. The number of nitrogens with one attached hydrogen (secondary N) is 8. The van der Waals surface area contributed by atoms with Crippen LogP contribution in [0, 0.1) is 0 Å². The summed E-state index contributed by atoms with van der Waals surface area (Å²) in [5.74, 6) is 2.72. The van der Waals surface area contributed by atoms with Gasteiger partial charge in [-0.25, -0.2) is 49.0 Å². The van der Waals surface area contributed by atoms with Gasteiger partial charge in [-0.2, -0.15) is 15.3 Å². The number of carboxylic acid groups (broad SMARTS) is 2. The first-order valence-corrected chi connectivity index (χ1v) is 31.2. The van der Waals surface area contributed by atoms with Gasteiger partial charge in [-0.3, -0.25) is 24.6 Å². The SMILES string of the molecule is CC(C)N(C(=O)O)[C@@H]1CC[C@H](c2cc(NC(=O)CBr)n(C(C)(C)C)n2)C1.CC(C)N(C(=O)O)[C@H]1CC[C@@H](c2cc(NC(=O)CN(C)c3ncnc4nc[nH]c34)n[nH]2)C1.CC(C)NC(=O)O[C@@H]1CC[C@H](c2cc(NC(=O)CN(C)c3ncnc4nc[nH]c34)n[nH]2)C1. The number of H-pyrrole nitrogens is 4. The molecular formula is C58H83BrN22O9. The van der Waals surface area contributed by atoms with Gasteiger partial charge in [0.25, 0.3) is 0 Å². The first-order chi connectivity index (χ1) is 42.8. The summed E-state index contributed by atoms with van der Waals surface area (Å²) in [5, 5.41) is 49.6. The number of anilines is 5. The Hall–Kier alpha value is -8.97. The Labute approximate surface area is 528 Å². The van der Waals surface area contributed by atoms with E-state index in [0.29, 0.717) is 51.4 Å². The highest BCUT2D eigenvalue weighted by Gasteiger charge is 2.38. The minimum Gasteiger partial charge on any atom is -0.465 e. The lowest BCUT2D eigenvalue weighted by Crippen LogP contribution is -2.42. The Kier molecular flexibility index (Phi) is 22.0. The number of alkyl carbamates (subject to hydrolysis) is 1. The van der Waals surface area contributed by atoms with Crippen LogP contribution in [-0.2, 0) is 24.7 Å². The molecule has 6 amide bonds. The summed E-state index contributed by atoms with van der Waals surface area (Å²) in [4.78, 5) is 109. The van der Waals surface area contributed by atoms with Crippen LogP contribution in [0.3, 0.4) is 0 Å². The molecule has 10 N–H and O–H groups in total. The van der Waals surface area contributed by atoms with Gasteiger partial charge in [0, 0.05) is 91.6 Å². The molecule has 0 aromatic carbocycles. The molecule has 3 aliphatic rings. The van der Waals surface area contributed by atoms with Crippen LogP contribution < -0.4 is 31.1 Å². The third-order valence-corrected chi connectivity index (χ3v) is 16.4. The lowest BCUT2D eigenvalue weighted by atomic mass is 10.0. The van der Waals surface area contributed by atoms with Crippen molar-refractivity contribution in [1.82, 2.24) is 85.2 Å². The maximum Gasteiger partial charge on any atom is 0.407 e. The van der Waals surface area contributed by atoms with Crippen LogP contribution in [0.5, 0.6) is 0 Å². The summed E-state index contributed by atoms with van der Waals surface area (Å²) in [6.45, 7) is 17.6. The molecule has 31 nitrogen and oxygen atoms in total. The van der Waals surface area contributed by atoms with Gasteiger partial charge in [0.2, 0.25) is 17.7 Å². The highest BCUT2D eigenvalue weighted by atomic mass is 79.9. The zero-order chi connectivity index (χ0) is 65.1. The smallest absolute Gasteiger partial charge is 0.407 e. The minimum atomic E-state index is -0.886. The molecule has 0 spiro atoms. The van der Waals surface area contributed by atoms with Gasteiger partial charge in [-0.05, 0) is 120 Å². The van der Waals surface area contributed by atoms with Crippen molar-refractivity contribution in [2.24, 2.45) is 0 Å². The van der Waals surface area contributed by atoms with Gasteiger partial charge in [0.05, 0.1) is 42.3 Å². The third kappa shape index (κ3) is 17.0. The zero-order valence-electron chi connectivity index (χ0n) is 52.6. The Morgan fingerprint density at radius 3 is 1.59 bits per heavy atom. The summed E-state index contributed by atoms with van der Waals surface area (Å²) in [6, 6.07) is 5.51. The number of halogens is 1. The molecule has 10 rings (SSSR count). The molecule has 90 heavy (non-hydrogen) atoms. The summed E-state index contributed by atoms with van der Waals surface area (Å²) >= 11 is 3.17. The number of alkyl halides is 1. The first kappa shape index (κ1) is 67.0. The molecule has 0 unspecified atom stereocenters. The summed E-state index contributed by atoms with van der Waals surface area (Å²) in [6.07, 6.45) is 10.9. The summed E-state index contributed by atoms with van der Waals surface area (Å²) in [7, 11) is 3.53. The minimum absolute atomic E-state index is 0.0119. The number of rotatable bonds is 19. The normalized spacial score (nSPS) is 18.8. The number of imidazole rings is 2. The second-order valence-electron chi connectivity index (χ2n) is 24.8. The van der Waals surface area contributed by atoms with Crippen LogP contribution in [0.4, 0.5) is 43.5 Å².